The van der Waals surface area contributed by atoms with E-state index in [-0.39, 0.29) is 0 Å². The molecule has 0 aliphatic carbocycles. The number of rotatable bonds is 2. The van der Waals surface area contributed by atoms with Crippen molar-refractivity contribution in [2.24, 2.45) is 0 Å². The van der Waals surface area contributed by atoms with E-state index < -0.39 is 0 Å². The molecule has 0 unspecified atom stereocenters. The Kier molecular flexibility index (Phi) is 2.92. The Hall–Kier alpha value is -2.29. The minimum atomic E-state index is 0.731. The summed E-state index contributed by atoms with van der Waals surface area (Å²) in [5, 5.41) is 4.06. The summed E-state index contributed by atoms with van der Waals surface area (Å²) in [6.07, 6.45) is 8.95. The molecular weight excluding hydrogens is 379 g/mol. The second kappa shape index (κ2) is 4.92. The summed E-state index contributed by atoms with van der Waals surface area (Å²) in [6.45, 7) is 0. The van der Waals surface area contributed by atoms with Gasteiger partial charge in [0, 0.05) is 27.7 Å². The van der Waals surface area contributed by atoms with Crippen LogP contribution in [0, 0.1) is 3.57 Å². The Morgan fingerprint density at radius 2 is 2.00 bits per heavy atom. The Morgan fingerprint density at radius 3 is 2.76 bits per heavy atom. The van der Waals surface area contributed by atoms with Crippen LogP contribution in [0.3, 0.4) is 0 Å². The summed E-state index contributed by atoms with van der Waals surface area (Å²) in [4.78, 5) is 12.9. The van der Waals surface area contributed by atoms with E-state index >= 15 is 0 Å². The van der Waals surface area contributed by atoms with Crippen molar-refractivity contribution in [2.45, 2.75) is 0 Å². The Morgan fingerprint density at radius 1 is 1.05 bits per heavy atom. The third kappa shape index (κ3) is 2.29. The highest BCUT2D eigenvalue weighted by atomic mass is 127. The van der Waals surface area contributed by atoms with Crippen LogP contribution in [-0.2, 0) is 0 Å². The molecule has 0 saturated heterocycles. The normalized spacial score (nSPS) is 11.1. The Labute approximate surface area is 133 Å². The molecule has 4 rings (SSSR count). The van der Waals surface area contributed by atoms with Crippen LogP contribution in [0.1, 0.15) is 0 Å². The van der Waals surface area contributed by atoms with Crippen molar-refractivity contribution in [3.63, 3.8) is 0 Å². The maximum Gasteiger partial charge on any atom is 0.155 e. The van der Waals surface area contributed by atoms with E-state index in [0.717, 1.165) is 22.7 Å². The number of hydrogen-bond acceptors (Lipinski definition) is 4. The highest BCUT2D eigenvalue weighted by Crippen LogP contribution is 2.20. The van der Waals surface area contributed by atoms with E-state index in [1.165, 1.54) is 9.90 Å². The van der Waals surface area contributed by atoms with E-state index in [1.54, 1.807) is 17.2 Å². The van der Waals surface area contributed by atoms with Gasteiger partial charge in [-0.15, -0.1) is 0 Å². The number of aromatic nitrogens is 6. The molecule has 0 bridgehead atoms. The molecule has 0 spiro atoms. The van der Waals surface area contributed by atoms with E-state index in [0.29, 0.717) is 0 Å². The molecule has 0 saturated carbocycles. The van der Waals surface area contributed by atoms with Crippen molar-refractivity contribution in [2.75, 3.05) is 0 Å². The standard InChI is InChI=1S/C14H9IN6/c15-11-2-4-14-19-12(7-20(14)6-11)10-1-3-13(17-5-10)21-9-16-8-18-21/h1-9H. The fraction of sp³-hybridized carbons (Fsp3) is 0. The number of hydrogen-bond donors (Lipinski definition) is 0. The maximum absolute atomic E-state index is 4.60. The van der Waals surface area contributed by atoms with Gasteiger partial charge in [-0.2, -0.15) is 5.10 Å². The van der Waals surface area contributed by atoms with Gasteiger partial charge in [0.15, 0.2) is 5.82 Å². The topological polar surface area (TPSA) is 60.9 Å². The monoisotopic (exact) mass is 388 g/mol. The van der Waals surface area contributed by atoms with E-state index in [1.807, 2.05) is 41.1 Å². The number of halogens is 1. The van der Waals surface area contributed by atoms with Crippen molar-refractivity contribution >= 4 is 28.2 Å². The predicted octanol–water partition coefficient (Wildman–Crippen LogP) is 2.58. The average Bonchev–Trinajstić information content (AvgIpc) is 3.16. The molecule has 21 heavy (non-hydrogen) atoms. The van der Waals surface area contributed by atoms with Crippen LogP contribution in [0.5, 0.6) is 0 Å². The van der Waals surface area contributed by atoms with E-state index in [9.17, 15) is 0 Å². The highest BCUT2D eigenvalue weighted by molar-refractivity contribution is 14.1. The summed E-state index contributed by atoms with van der Waals surface area (Å²) in [5.74, 6) is 0.731. The first kappa shape index (κ1) is 12.5. The van der Waals surface area contributed by atoms with Crippen LogP contribution >= 0.6 is 22.6 Å². The van der Waals surface area contributed by atoms with Crippen LogP contribution < -0.4 is 0 Å². The van der Waals surface area contributed by atoms with Gasteiger partial charge in [-0.25, -0.2) is 19.6 Å². The molecule has 4 aromatic heterocycles. The number of imidazole rings is 1. The first-order chi connectivity index (χ1) is 10.3. The fourth-order valence-corrected chi connectivity index (χ4v) is 2.58. The van der Waals surface area contributed by atoms with Crippen LogP contribution in [0.15, 0.2) is 55.5 Å². The quantitative estimate of drug-likeness (QED) is 0.496. The van der Waals surface area contributed by atoms with Crippen molar-refractivity contribution < 1.29 is 0 Å². The van der Waals surface area contributed by atoms with Crippen molar-refractivity contribution in [1.29, 1.82) is 0 Å². The average molecular weight is 388 g/mol. The zero-order valence-electron chi connectivity index (χ0n) is 10.8. The third-order valence-corrected chi connectivity index (χ3v) is 3.75. The van der Waals surface area contributed by atoms with Gasteiger partial charge in [0.2, 0.25) is 0 Å². The molecule has 0 aliphatic heterocycles. The number of fused-ring (bicyclic) bond motifs is 1. The van der Waals surface area contributed by atoms with Gasteiger partial charge in [0.25, 0.3) is 0 Å². The molecule has 0 aromatic carbocycles. The van der Waals surface area contributed by atoms with Gasteiger partial charge in [0.1, 0.15) is 18.3 Å². The lowest BCUT2D eigenvalue weighted by atomic mass is 10.2. The summed E-state index contributed by atoms with van der Waals surface area (Å²) in [7, 11) is 0. The smallest absolute Gasteiger partial charge is 0.155 e. The molecular formula is C14H9IN6. The number of pyridine rings is 2. The SMILES string of the molecule is Ic1ccc2nc(-c3ccc(-n4cncn4)nc3)cn2c1. The molecule has 0 amide bonds. The molecule has 4 heterocycles. The fourth-order valence-electron chi connectivity index (χ4n) is 2.10. The molecule has 7 heteroatoms. The van der Waals surface area contributed by atoms with Crippen molar-refractivity contribution in [3.8, 4) is 17.1 Å². The summed E-state index contributed by atoms with van der Waals surface area (Å²) >= 11 is 2.29. The zero-order chi connectivity index (χ0) is 14.2. The first-order valence-electron chi connectivity index (χ1n) is 6.25. The minimum absolute atomic E-state index is 0.731. The largest absolute Gasteiger partial charge is 0.305 e. The molecule has 0 fully saturated rings. The Balaban J connectivity index is 1.74. The lowest BCUT2D eigenvalue weighted by Crippen LogP contribution is -1.97. The van der Waals surface area contributed by atoms with Crippen molar-refractivity contribution in [1.82, 2.24) is 29.1 Å². The van der Waals surface area contributed by atoms with Crippen LogP contribution in [0.2, 0.25) is 0 Å². The van der Waals surface area contributed by atoms with Crippen molar-refractivity contribution in [3.05, 3.63) is 59.1 Å². The van der Waals surface area contributed by atoms with E-state index in [4.69, 9.17) is 0 Å². The molecule has 102 valence electrons. The summed E-state index contributed by atoms with van der Waals surface area (Å²) in [6, 6.07) is 7.93. The molecule has 0 aliphatic rings. The van der Waals surface area contributed by atoms with Gasteiger partial charge >= 0.3 is 0 Å². The molecule has 0 N–H and O–H groups in total. The molecule has 6 nitrogen and oxygen atoms in total. The zero-order valence-corrected chi connectivity index (χ0v) is 12.9. The molecule has 0 atom stereocenters. The van der Waals surface area contributed by atoms with Crippen LogP contribution in [0.4, 0.5) is 0 Å². The van der Waals surface area contributed by atoms with Crippen LogP contribution in [0.25, 0.3) is 22.7 Å². The van der Waals surface area contributed by atoms with Crippen LogP contribution in [-0.4, -0.2) is 29.1 Å². The van der Waals surface area contributed by atoms with Gasteiger partial charge in [0.05, 0.1) is 5.69 Å². The van der Waals surface area contributed by atoms with Gasteiger partial charge in [-0.1, -0.05) is 0 Å². The predicted molar refractivity (Wildman–Crippen MR) is 86.1 cm³/mol. The van der Waals surface area contributed by atoms with Gasteiger partial charge < -0.3 is 4.40 Å². The van der Waals surface area contributed by atoms with E-state index in [2.05, 4.69) is 42.6 Å². The highest BCUT2D eigenvalue weighted by Gasteiger charge is 2.06. The lowest BCUT2D eigenvalue weighted by Gasteiger charge is -2.00. The summed E-state index contributed by atoms with van der Waals surface area (Å²) < 4.78 is 4.81. The number of nitrogens with zero attached hydrogens (tertiary/aromatic N) is 6. The Bertz CT molecular complexity index is 895. The minimum Gasteiger partial charge on any atom is -0.305 e. The summed E-state index contributed by atoms with van der Waals surface area (Å²) in [5.41, 5.74) is 2.79. The third-order valence-electron chi connectivity index (χ3n) is 3.11. The molecule has 4 aromatic rings. The first-order valence-corrected chi connectivity index (χ1v) is 7.33. The maximum atomic E-state index is 4.60. The second-order valence-corrected chi connectivity index (χ2v) is 5.73. The van der Waals surface area contributed by atoms with Gasteiger partial charge in [-0.05, 0) is 46.9 Å². The molecule has 0 radical (unpaired) electrons. The second-order valence-electron chi connectivity index (χ2n) is 4.48. The lowest BCUT2D eigenvalue weighted by molar-refractivity contribution is 0.845. The van der Waals surface area contributed by atoms with Gasteiger partial charge in [-0.3, -0.25) is 0 Å².